The summed E-state index contributed by atoms with van der Waals surface area (Å²) in [5.74, 6) is 0.0891. The molecular formula is C9H6F3N3O. The highest BCUT2D eigenvalue weighted by molar-refractivity contribution is 5.70. The average molecular weight is 229 g/mol. The summed E-state index contributed by atoms with van der Waals surface area (Å²) in [6.07, 6.45) is -3.27. The third-order valence-electron chi connectivity index (χ3n) is 1.97. The fourth-order valence-corrected chi connectivity index (χ4v) is 1.23. The summed E-state index contributed by atoms with van der Waals surface area (Å²) in [7, 11) is 0. The number of alkyl halides is 3. The van der Waals surface area contributed by atoms with Gasteiger partial charge in [0, 0.05) is 5.69 Å². The standard InChI is InChI=1S/C9H6F3N3O/c10-9(11,12)5-1-2-6(7(13)3-5)8-14-4-15-16-8/h1-4H,13H2. The highest BCUT2D eigenvalue weighted by Crippen LogP contribution is 2.33. The zero-order chi connectivity index (χ0) is 11.8. The van der Waals surface area contributed by atoms with Crippen molar-refractivity contribution in [3.63, 3.8) is 0 Å². The fourth-order valence-electron chi connectivity index (χ4n) is 1.23. The van der Waals surface area contributed by atoms with E-state index in [2.05, 4.69) is 10.1 Å². The molecule has 0 atom stereocenters. The van der Waals surface area contributed by atoms with Gasteiger partial charge in [0.1, 0.15) is 0 Å². The van der Waals surface area contributed by atoms with Crippen molar-refractivity contribution in [3.05, 3.63) is 30.1 Å². The number of rotatable bonds is 1. The van der Waals surface area contributed by atoms with E-state index in [-0.39, 0.29) is 17.1 Å². The van der Waals surface area contributed by atoms with Crippen molar-refractivity contribution in [3.8, 4) is 11.5 Å². The zero-order valence-corrected chi connectivity index (χ0v) is 7.82. The van der Waals surface area contributed by atoms with E-state index in [1.165, 1.54) is 6.07 Å². The van der Waals surface area contributed by atoms with E-state index in [9.17, 15) is 13.2 Å². The van der Waals surface area contributed by atoms with E-state index in [1.54, 1.807) is 0 Å². The Balaban J connectivity index is 2.46. The van der Waals surface area contributed by atoms with Crippen LogP contribution < -0.4 is 5.73 Å². The number of hydrogen-bond donors (Lipinski definition) is 1. The molecule has 16 heavy (non-hydrogen) atoms. The van der Waals surface area contributed by atoms with Crippen LogP contribution in [0.2, 0.25) is 0 Å². The Kier molecular flexibility index (Phi) is 2.30. The van der Waals surface area contributed by atoms with Crippen LogP contribution in [0, 0.1) is 0 Å². The Morgan fingerprint density at radius 3 is 2.50 bits per heavy atom. The summed E-state index contributed by atoms with van der Waals surface area (Å²) in [5, 5.41) is 3.35. The van der Waals surface area contributed by atoms with Crippen molar-refractivity contribution in [2.45, 2.75) is 6.18 Å². The molecule has 84 valence electrons. The number of benzene rings is 1. The predicted molar refractivity (Wildman–Crippen MR) is 49.1 cm³/mol. The quantitative estimate of drug-likeness (QED) is 0.762. The van der Waals surface area contributed by atoms with Gasteiger partial charge in [-0.05, 0) is 18.2 Å². The summed E-state index contributed by atoms with van der Waals surface area (Å²) >= 11 is 0. The average Bonchev–Trinajstić information content (AvgIpc) is 2.69. The topological polar surface area (TPSA) is 64.9 Å². The second-order valence-corrected chi connectivity index (χ2v) is 3.05. The molecule has 2 aromatic rings. The van der Waals surface area contributed by atoms with E-state index in [0.717, 1.165) is 18.5 Å². The van der Waals surface area contributed by atoms with E-state index < -0.39 is 11.7 Å². The third kappa shape index (κ3) is 1.83. The molecule has 0 amide bonds. The van der Waals surface area contributed by atoms with Gasteiger partial charge in [0.15, 0.2) is 6.33 Å². The molecule has 0 aliphatic rings. The summed E-state index contributed by atoms with van der Waals surface area (Å²) < 4.78 is 41.7. The summed E-state index contributed by atoms with van der Waals surface area (Å²) in [5.41, 5.74) is 4.90. The maximum absolute atomic E-state index is 12.3. The van der Waals surface area contributed by atoms with Crippen molar-refractivity contribution < 1.29 is 17.7 Å². The zero-order valence-electron chi connectivity index (χ0n) is 7.82. The first-order valence-corrected chi connectivity index (χ1v) is 4.22. The Hall–Kier alpha value is -2.05. The molecule has 0 aliphatic heterocycles. The van der Waals surface area contributed by atoms with Crippen LogP contribution in [0.25, 0.3) is 11.5 Å². The summed E-state index contributed by atoms with van der Waals surface area (Å²) in [6.45, 7) is 0. The first-order chi connectivity index (χ1) is 7.48. The molecule has 7 heteroatoms. The molecule has 0 aliphatic carbocycles. The number of halogens is 3. The molecule has 1 aromatic heterocycles. The normalized spacial score (nSPS) is 11.7. The van der Waals surface area contributed by atoms with Gasteiger partial charge >= 0.3 is 6.18 Å². The van der Waals surface area contributed by atoms with Gasteiger partial charge in [-0.15, -0.1) is 0 Å². The number of nitrogens with zero attached hydrogens (tertiary/aromatic N) is 2. The minimum atomic E-state index is -4.42. The first-order valence-electron chi connectivity index (χ1n) is 4.22. The molecule has 1 heterocycles. The maximum Gasteiger partial charge on any atom is 0.416 e. The van der Waals surface area contributed by atoms with Crippen molar-refractivity contribution >= 4 is 5.69 Å². The summed E-state index contributed by atoms with van der Waals surface area (Å²) in [4.78, 5) is 3.70. The van der Waals surface area contributed by atoms with Crippen molar-refractivity contribution in [1.29, 1.82) is 0 Å². The van der Waals surface area contributed by atoms with Gasteiger partial charge < -0.3 is 10.3 Å². The molecule has 2 N–H and O–H groups in total. The van der Waals surface area contributed by atoms with E-state index in [4.69, 9.17) is 10.3 Å². The van der Waals surface area contributed by atoms with Gasteiger partial charge in [0.05, 0.1) is 11.1 Å². The van der Waals surface area contributed by atoms with Crippen molar-refractivity contribution in [1.82, 2.24) is 10.1 Å². The lowest BCUT2D eigenvalue weighted by atomic mass is 10.1. The molecule has 0 bridgehead atoms. The second-order valence-electron chi connectivity index (χ2n) is 3.05. The molecule has 0 fully saturated rings. The number of nitrogens with two attached hydrogens (primary N) is 1. The van der Waals surface area contributed by atoms with Gasteiger partial charge in [-0.3, -0.25) is 0 Å². The van der Waals surface area contributed by atoms with Crippen LogP contribution in [-0.4, -0.2) is 10.1 Å². The number of aromatic nitrogens is 2. The van der Waals surface area contributed by atoms with Crippen LogP contribution in [0.15, 0.2) is 29.0 Å². The van der Waals surface area contributed by atoms with Gasteiger partial charge in [0.2, 0.25) is 0 Å². The minimum Gasteiger partial charge on any atom is -0.398 e. The Bertz CT molecular complexity index is 493. The highest BCUT2D eigenvalue weighted by atomic mass is 19.4. The Labute approximate surface area is 87.9 Å². The molecule has 0 unspecified atom stereocenters. The van der Waals surface area contributed by atoms with Crippen LogP contribution in [0.4, 0.5) is 18.9 Å². The van der Waals surface area contributed by atoms with Crippen LogP contribution in [0.3, 0.4) is 0 Å². The lowest BCUT2D eigenvalue weighted by Gasteiger charge is -2.08. The lowest BCUT2D eigenvalue weighted by Crippen LogP contribution is -2.05. The number of hydrogen-bond acceptors (Lipinski definition) is 4. The van der Waals surface area contributed by atoms with Gasteiger partial charge in [-0.1, -0.05) is 5.16 Å². The molecule has 2 rings (SSSR count). The molecule has 0 radical (unpaired) electrons. The second kappa shape index (κ2) is 3.51. The van der Waals surface area contributed by atoms with E-state index in [1.807, 2.05) is 0 Å². The monoisotopic (exact) mass is 229 g/mol. The smallest absolute Gasteiger partial charge is 0.398 e. The van der Waals surface area contributed by atoms with E-state index in [0.29, 0.717) is 0 Å². The minimum absolute atomic E-state index is 0.0564. The van der Waals surface area contributed by atoms with Gasteiger partial charge in [-0.25, -0.2) is 0 Å². The van der Waals surface area contributed by atoms with Crippen molar-refractivity contribution in [2.75, 3.05) is 5.73 Å². The van der Waals surface area contributed by atoms with Crippen LogP contribution in [-0.2, 0) is 6.18 Å². The van der Waals surface area contributed by atoms with Gasteiger partial charge in [-0.2, -0.15) is 18.2 Å². The van der Waals surface area contributed by atoms with Crippen LogP contribution in [0.5, 0.6) is 0 Å². The van der Waals surface area contributed by atoms with Gasteiger partial charge in [0.25, 0.3) is 5.89 Å². The lowest BCUT2D eigenvalue weighted by molar-refractivity contribution is -0.137. The third-order valence-corrected chi connectivity index (χ3v) is 1.97. The van der Waals surface area contributed by atoms with Crippen LogP contribution in [0.1, 0.15) is 5.56 Å². The molecule has 0 saturated heterocycles. The van der Waals surface area contributed by atoms with E-state index >= 15 is 0 Å². The number of anilines is 1. The van der Waals surface area contributed by atoms with Crippen molar-refractivity contribution in [2.24, 2.45) is 0 Å². The number of nitrogen functional groups attached to an aromatic ring is 1. The SMILES string of the molecule is Nc1cc(C(F)(F)F)ccc1-c1ncno1. The molecular weight excluding hydrogens is 223 g/mol. The Morgan fingerprint density at radius 1 is 1.25 bits per heavy atom. The molecule has 0 spiro atoms. The highest BCUT2D eigenvalue weighted by Gasteiger charge is 2.31. The molecule has 4 nitrogen and oxygen atoms in total. The van der Waals surface area contributed by atoms with Crippen LogP contribution >= 0.6 is 0 Å². The fraction of sp³-hybridized carbons (Fsp3) is 0.111. The first kappa shape index (κ1) is 10.5. The molecule has 1 aromatic carbocycles. The molecule has 0 saturated carbocycles. The summed E-state index contributed by atoms with van der Waals surface area (Å²) in [6, 6.07) is 2.95. The Morgan fingerprint density at radius 2 is 2.00 bits per heavy atom. The largest absolute Gasteiger partial charge is 0.416 e. The maximum atomic E-state index is 12.3. The predicted octanol–water partition coefficient (Wildman–Crippen LogP) is 2.34.